The summed E-state index contributed by atoms with van der Waals surface area (Å²) in [5, 5.41) is 10.9. The molecule has 1 aromatic heterocycles. The van der Waals surface area contributed by atoms with Gasteiger partial charge in [0.25, 0.3) is 11.2 Å². The van der Waals surface area contributed by atoms with Gasteiger partial charge in [-0.2, -0.15) is 0 Å². The van der Waals surface area contributed by atoms with Crippen molar-refractivity contribution in [2.24, 2.45) is 4.99 Å². The van der Waals surface area contributed by atoms with Crippen LogP contribution in [0.5, 0.6) is 5.75 Å². The molecule has 0 spiro atoms. The number of hydrogen-bond acceptors (Lipinski definition) is 8. The molecule has 0 bridgehead atoms. The second-order valence-corrected chi connectivity index (χ2v) is 12.7. The molecule has 220 valence electrons. The van der Waals surface area contributed by atoms with Gasteiger partial charge in [-0.1, -0.05) is 23.5 Å². The van der Waals surface area contributed by atoms with Gasteiger partial charge in [-0.3, -0.25) is 19.5 Å². The molecule has 43 heavy (non-hydrogen) atoms. The van der Waals surface area contributed by atoms with E-state index in [1.54, 1.807) is 44.2 Å². The van der Waals surface area contributed by atoms with Crippen molar-refractivity contribution in [3.8, 4) is 5.75 Å². The number of non-ortho nitro benzene ring substituents is 1. The fourth-order valence-corrected chi connectivity index (χ4v) is 7.75. The Bertz CT molecular complexity index is 1930. The number of allylic oxidation sites excluding steroid dienone is 1. The van der Waals surface area contributed by atoms with Crippen LogP contribution >= 0.6 is 56.5 Å². The monoisotopic (exact) mass is 825 g/mol. The van der Waals surface area contributed by atoms with Crippen LogP contribution in [0.3, 0.4) is 0 Å². The van der Waals surface area contributed by atoms with Crippen LogP contribution in [0.15, 0.2) is 81.7 Å². The average molecular weight is 825 g/mol. The summed E-state index contributed by atoms with van der Waals surface area (Å²) in [6.07, 6.45) is 1.76. The molecular weight excluding hydrogens is 803 g/mol. The van der Waals surface area contributed by atoms with E-state index < -0.39 is 22.8 Å². The van der Waals surface area contributed by atoms with Gasteiger partial charge in [0.2, 0.25) is 0 Å². The molecule has 3 aromatic carbocycles. The maximum Gasteiger partial charge on any atom is 0.338 e. The molecule has 0 aliphatic carbocycles. The lowest BCUT2D eigenvalue weighted by molar-refractivity contribution is -0.384. The molecular formula is C30H22FI2N3O6S. The molecule has 0 saturated heterocycles. The first-order chi connectivity index (χ1) is 20.6. The number of benzene rings is 3. The predicted molar refractivity (Wildman–Crippen MR) is 176 cm³/mol. The number of aromatic nitrogens is 1. The van der Waals surface area contributed by atoms with Gasteiger partial charge in [0.15, 0.2) is 4.80 Å². The normalized spacial score (nSPS) is 14.7. The van der Waals surface area contributed by atoms with Gasteiger partial charge in [-0.05, 0) is 118 Å². The van der Waals surface area contributed by atoms with Gasteiger partial charge in [-0.15, -0.1) is 0 Å². The lowest BCUT2D eigenvalue weighted by atomic mass is 9.96. The van der Waals surface area contributed by atoms with Crippen LogP contribution in [0.25, 0.3) is 6.08 Å². The third-order valence-electron chi connectivity index (χ3n) is 6.55. The van der Waals surface area contributed by atoms with Crippen LogP contribution in [0, 0.1) is 23.1 Å². The standard InChI is InChI=1S/C30H22FI2N3O6S/c1-3-41-29(38)25-16(2)34-30-35(26(25)19-6-8-20(31)9-7-19)28(37)24(43-30)14-18-12-22(32)27(23(33)13-18)42-15-17-4-10-21(11-5-17)36(39)40/h4-14,26H,3,15H2,1-2H3/b24-14-/t26-/m0/s1. The van der Waals surface area contributed by atoms with Gasteiger partial charge < -0.3 is 9.47 Å². The van der Waals surface area contributed by atoms with Crippen molar-refractivity contribution in [1.82, 2.24) is 4.57 Å². The van der Waals surface area contributed by atoms with Gasteiger partial charge in [-0.25, -0.2) is 14.2 Å². The topological polar surface area (TPSA) is 113 Å². The van der Waals surface area contributed by atoms with Crippen LogP contribution in [0.1, 0.15) is 36.6 Å². The minimum atomic E-state index is -0.825. The molecule has 9 nitrogen and oxygen atoms in total. The quantitative estimate of drug-likeness (QED) is 0.0986. The number of thiazole rings is 1. The summed E-state index contributed by atoms with van der Waals surface area (Å²) in [5.41, 5.74) is 2.45. The SMILES string of the molecule is CCOC(=O)C1=C(C)N=c2s/c(=C\c3cc(I)c(OCc4ccc([N+](=O)[O-])cc4)c(I)c3)c(=O)n2[C@H]1c1ccc(F)cc1. The summed E-state index contributed by atoms with van der Waals surface area (Å²) < 4.78 is 28.6. The van der Waals surface area contributed by atoms with Gasteiger partial charge in [0.1, 0.15) is 18.2 Å². The molecule has 1 aliphatic heterocycles. The van der Waals surface area contributed by atoms with E-state index in [2.05, 4.69) is 50.2 Å². The summed E-state index contributed by atoms with van der Waals surface area (Å²) in [5.74, 6) is -0.358. The largest absolute Gasteiger partial charge is 0.487 e. The summed E-state index contributed by atoms with van der Waals surface area (Å²) >= 11 is 5.53. The molecule has 1 atom stereocenters. The van der Waals surface area contributed by atoms with Crippen LogP contribution in [-0.4, -0.2) is 22.1 Å². The Morgan fingerprint density at radius 3 is 2.40 bits per heavy atom. The fourth-order valence-electron chi connectivity index (χ4n) is 4.57. The first-order valence-electron chi connectivity index (χ1n) is 12.9. The Morgan fingerprint density at radius 1 is 1.14 bits per heavy atom. The zero-order valence-electron chi connectivity index (χ0n) is 22.7. The smallest absolute Gasteiger partial charge is 0.338 e. The second kappa shape index (κ2) is 13.1. The minimum absolute atomic E-state index is 0.0128. The second-order valence-electron chi connectivity index (χ2n) is 9.38. The van der Waals surface area contributed by atoms with Crippen molar-refractivity contribution in [3.05, 3.63) is 131 Å². The molecule has 0 saturated carbocycles. The van der Waals surface area contributed by atoms with E-state index in [0.717, 1.165) is 18.3 Å². The minimum Gasteiger partial charge on any atom is -0.487 e. The van der Waals surface area contributed by atoms with Crippen molar-refractivity contribution in [2.45, 2.75) is 26.5 Å². The molecule has 1 aliphatic rings. The summed E-state index contributed by atoms with van der Waals surface area (Å²) in [7, 11) is 0. The number of nitro groups is 1. The number of fused-ring (bicyclic) bond motifs is 1. The third-order valence-corrected chi connectivity index (χ3v) is 9.14. The Labute approximate surface area is 275 Å². The zero-order chi connectivity index (χ0) is 30.8. The summed E-state index contributed by atoms with van der Waals surface area (Å²) in [4.78, 5) is 42.3. The average Bonchev–Trinajstić information content (AvgIpc) is 3.26. The third kappa shape index (κ3) is 6.57. The van der Waals surface area contributed by atoms with Crippen molar-refractivity contribution in [2.75, 3.05) is 6.61 Å². The molecule has 4 aromatic rings. The Morgan fingerprint density at radius 2 is 1.79 bits per heavy atom. The fraction of sp³-hybridized carbons (Fsp3) is 0.167. The molecule has 0 radical (unpaired) electrons. The van der Waals surface area contributed by atoms with Gasteiger partial charge in [0, 0.05) is 12.1 Å². The Balaban J connectivity index is 1.51. The molecule has 5 rings (SSSR count). The van der Waals surface area contributed by atoms with E-state index in [1.165, 1.54) is 40.2 Å². The van der Waals surface area contributed by atoms with E-state index in [4.69, 9.17) is 9.47 Å². The molecule has 2 heterocycles. The number of ether oxygens (including phenoxy) is 2. The summed E-state index contributed by atoms with van der Waals surface area (Å²) in [6.45, 7) is 3.78. The lowest BCUT2D eigenvalue weighted by Crippen LogP contribution is -2.39. The van der Waals surface area contributed by atoms with Crippen molar-refractivity contribution >= 4 is 74.3 Å². The van der Waals surface area contributed by atoms with Crippen molar-refractivity contribution < 1.29 is 23.6 Å². The lowest BCUT2D eigenvalue weighted by Gasteiger charge is -2.24. The number of esters is 1. The van der Waals surface area contributed by atoms with Gasteiger partial charge in [0.05, 0.1) is 40.5 Å². The van der Waals surface area contributed by atoms with Crippen LogP contribution in [-0.2, 0) is 16.1 Å². The maximum atomic E-state index is 13.8. The number of hydrogen-bond donors (Lipinski definition) is 0. The molecule has 0 amide bonds. The maximum absolute atomic E-state index is 13.8. The van der Waals surface area contributed by atoms with Gasteiger partial charge >= 0.3 is 5.97 Å². The molecule has 0 fully saturated rings. The molecule has 0 unspecified atom stereocenters. The summed E-state index contributed by atoms with van der Waals surface area (Å²) in [6, 6.07) is 14.8. The van der Waals surface area contributed by atoms with Crippen molar-refractivity contribution in [1.29, 1.82) is 0 Å². The van der Waals surface area contributed by atoms with E-state index in [1.807, 2.05) is 12.1 Å². The van der Waals surface area contributed by atoms with E-state index in [-0.39, 0.29) is 30.0 Å². The van der Waals surface area contributed by atoms with Crippen LogP contribution in [0.4, 0.5) is 10.1 Å². The molecule has 13 heteroatoms. The van der Waals surface area contributed by atoms with Crippen LogP contribution < -0.4 is 19.6 Å². The van der Waals surface area contributed by atoms with Crippen LogP contribution in [0.2, 0.25) is 0 Å². The Kier molecular flexibility index (Phi) is 9.41. The number of halogens is 3. The van der Waals surface area contributed by atoms with E-state index in [0.29, 0.717) is 26.3 Å². The number of carbonyl (C=O) groups is 1. The highest BCUT2D eigenvalue weighted by atomic mass is 127. The molecule has 0 N–H and O–H groups in total. The first kappa shape index (κ1) is 31.0. The highest BCUT2D eigenvalue weighted by Gasteiger charge is 2.33. The number of nitrogens with zero attached hydrogens (tertiary/aromatic N) is 3. The Hall–Kier alpha value is -3.44. The van der Waals surface area contributed by atoms with Crippen molar-refractivity contribution in [3.63, 3.8) is 0 Å². The van der Waals surface area contributed by atoms with E-state index >= 15 is 0 Å². The highest BCUT2D eigenvalue weighted by molar-refractivity contribution is 14.1. The number of carbonyl (C=O) groups excluding carboxylic acids is 1. The first-order valence-corrected chi connectivity index (χ1v) is 15.8. The van der Waals surface area contributed by atoms with E-state index in [9.17, 15) is 24.1 Å². The number of rotatable bonds is 8. The number of nitro benzene ring substituents is 1. The predicted octanol–water partition coefficient (Wildman–Crippen LogP) is 5.63. The zero-order valence-corrected chi connectivity index (χ0v) is 27.8. The highest BCUT2D eigenvalue weighted by Crippen LogP contribution is 2.32.